The summed E-state index contributed by atoms with van der Waals surface area (Å²) in [4.78, 5) is 0. The third-order valence-corrected chi connectivity index (χ3v) is 3.72. The highest BCUT2D eigenvalue weighted by Crippen LogP contribution is 2.30. The molecule has 0 spiro atoms. The van der Waals surface area contributed by atoms with Crippen LogP contribution in [0.25, 0.3) is 0 Å². The summed E-state index contributed by atoms with van der Waals surface area (Å²) in [5, 5.41) is 3.37. The zero-order chi connectivity index (χ0) is 13.8. The van der Waals surface area contributed by atoms with Gasteiger partial charge in [-0.15, -0.1) is 0 Å². The monoisotopic (exact) mass is 320 g/mol. The number of hydrogen-bond acceptors (Lipinski definition) is 3. The van der Waals surface area contributed by atoms with Gasteiger partial charge in [-0.25, -0.2) is 0 Å². The number of hydrogen-bond donors (Lipinski definition) is 2. The zero-order valence-electron chi connectivity index (χ0n) is 11.0. The Balaban J connectivity index is 2.28. The largest absolute Gasteiger partial charge is 0.492 e. The summed E-state index contributed by atoms with van der Waals surface area (Å²) in [6.45, 7) is 4.61. The van der Waals surface area contributed by atoms with Gasteiger partial charge in [0.15, 0.2) is 0 Å². The quantitative estimate of drug-likeness (QED) is 0.816. The minimum Gasteiger partial charge on any atom is -0.492 e. The second-order valence-corrected chi connectivity index (χ2v) is 5.08. The lowest BCUT2D eigenvalue weighted by Gasteiger charge is -2.13. The van der Waals surface area contributed by atoms with E-state index in [2.05, 4.69) is 28.2 Å². The number of anilines is 3. The van der Waals surface area contributed by atoms with Crippen LogP contribution in [0.3, 0.4) is 0 Å². The SMILES string of the molecule is CCOc1cc(Nc2cccc(Br)c2C)ccc1N. The van der Waals surface area contributed by atoms with Crippen molar-refractivity contribution in [3.63, 3.8) is 0 Å². The fourth-order valence-corrected chi connectivity index (χ4v) is 2.16. The highest BCUT2D eigenvalue weighted by atomic mass is 79.9. The van der Waals surface area contributed by atoms with E-state index in [4.69, 9.17) is 10.5 Å². The molecule has 0 aromatic heterocycles. The van der Waals surface area contributed by atoms with Crippen LogP contribution in [0.5, 0.6) is 5.75 Å². The standard InChI is InChI=1S/C15H17BrN2O/c1-3-19-15-9-11(7-8-13(15)17)18-14-6-4-5-12(16)10(14)2/h4-9,18H,3,17H2,1-2H3. The minimum atomic E-state index is 0.601. The molecule has 3 nitrogen and oxygen atoms in total. The highest BCUT2D eigenvalue weighted by Gasteiger charge is 2.05. The highest BCUT2D eigenvalue weighted by molar-refractivity contribution is 9.10. The Hall–Kier alpha value is -1.68. The number of halogens is 1. The summed E-state index contributed by atoms with van der Waals surface area (Å²) in [7, 11) is 0. The van der Waals surface area contributed by atoms with Crippen molar-refractivity contribution in [2.45, 2.75) is 13.8 Å². The van der Waals surface area contributed by atoms with Gasteiger partial charge in [0.05, 0.1) is 12.3 Å². The fraction of sp³-hybridized carbons (Fsp3) is 0.200. The molecular weight excluding hydrogens is 304 g/mol. The predicted octanol–water partition coefficient (Wildman–Crippen LogP) is 4.48. The second-order valence-electron chi connectivity index (χ2n) is 4.22. The molecule has 2 aromatic carbocycles. The lowest BCUT2D eigenvalue weighted by molar-refractivity contribution is 0.342. The number of nitrogens with one attached hydrogen (secondary N) is 1. The van der Waals surface area contributed by atoms with E-state index in [1.54, 1.807) is 0 Å². The van der Waals surface area contributed by atoms with Crippen molar-refractivity contribution in [2.24, 2.45) is 0 Å². The van der Waals surface area contributed by atoms with Gasteiger partial charge in [0.1, 0.15) is 5.75 Å². The van der Waals surface area contributed by atoms with Crippen LogP contribution in [-0.2, 0) is 0 Å². The molecule has 0 aliphatic heterocycles. The molecule has 0 fully saturated rings. The van der Waals surface area contributed by atoms with E-state index < -0.39 is 0 Å². The first-order chi connectivity index (χ1) is 9.11. The van der Waals surface area contributed by atoms with Crippen LogP contribution >= 0.6 is 15.9 Å². The van der Waals surface area contributed by atoms with Crippen LogP contribution in [-0.4, -0.2) is 6.61 Å². The maximum absolute atomic E-state index is 5.86. The van der Waals surface area contributed by atoms with Gasteiger partial charge in [0.2, 0.25) is 0 Å². The van der Waals surface area contributed by atoms with Crippen molar-refractivity contribution in [2.75, 3.05) is 17.7 Å². The van der Waals surface area contributed by atoms with Crippen molar-refractivity contribution in [1.82, 2.24) is 0 Å². The van der Waals surface area contributed by atoms with E-state index in [-0.39, 0.29) is 0 Å². The van der Waals surface area contributed by atoms with Gasteiger partial charge in [-0.2, -0.15) is 0 Å². The Kier molecular flexibility index (Phi) is 4.32. The molecule has 2 aromatic rings. The average Bonchev–Trinajstić information content (AvgIpc) is 2.39. The Bertz CT molecular complexity index is 584. The van der Waals surface area contributed by atoms with E-state index in [9.17, 15) is 0 Å². The van der Waals surface area contributed by atoms with Crippen molar-refractivity contribution < 1.29 is 4.74 Å². The molecule has 0 saturated heterocycles. The molecule has 0 atom stereocenters. The molecule has 19 heavy (non-hydrogen) atoms. The van der Waals surface area contributed by atoms with Crippen molar-refractivity contribution in [3.05, 3.63) is 46.4 Å². The molecular formula is C15H17BrN2O. The lowest BCUT2D eigenvalue weighted by Crippen LogP contribution is -1.99. The molecule has 0 heterocycles. The Morgan fingerprint density at radius 3 is 2.79 bits per heavy atom. The summed E-state index contributed by atoms with van der Waals surface area (Å²) in [5.74, 6) is 0.708. The molecule has 3 N–H and O–H groups in total. The maximum atomic E-state index is 5.86. The minimum absolute atomic E-state index is 0.601. The van der Waals surface area contributed by atoms with E-state index in [0.29, 0.717) is 18.0 Å². The van der Waals surface area contributed by atoms with Crippen LogP contribution in [0.4, 0.5) is 17.1 Å². The van der Waals surface area contributed by atoms with Crippen LogP contribution in [0, 0.1) is 6.92 Å². The smallest absolute Gasteiger partial charge is 0.144 e. The van der Waals surface area contributed by atoms with Crippen molar-refractivity contribution in [1.29, 1.82) is 0 Å². The first-order valence-electron chi connectivity index (χ1n) is 6.16. The van der Waals surface area contributed by atoms with Gasteiger partial charge in [-0.05, 0) is 43.7 Å². The number of nitrogen functional groups attached to an aromatic ring is 1. The molecule has 0 radical (unpaired) electrons. The molecule has 2 rings (SSSR count). The third kappa shape index (κ3) is 3.20. The Labute approximate surface area is 121 Å². The van der Waals surface area contributed by atoms with Gasteiger partial charge >= 0.3 is 0 Å². The molecule has 0 amide bonds. The zero-order valence-corrected chi connectivity index (χ0v) is 12.6. The van der Waals surface area contributed by atoms with Gasteiger partial charge in [0.25, 0.3) is 0 Å². The number of benzene rings is 2. The summed E-state index contributed by atoms with van der Waals surface area (Å²) >= 11 is 3.53. The van der Waals surface area contributed by atoms with Crippen LogP contribution in [0.1, 0.15) is 12.5 Å². The normalized spacial score (nSPS) is 10.3. The topological polar surface area (TPSA) is 47.3 Å². The number of nitrogens with two attached hydrogens (primary N) is 1. The van der Waals surface area contributed by atoms with Crippen LogP contribution in [0.15, 0.2) is 40.9 Å². The first kappa shape index (κ1) is 13.7. The van der Waals surface area contributed by atoms with Gasteiger partial charge in [-0.1, -0.05) is 22.0 Å². The third-order valence-electron chi connectivity index (χ3n) is 2.86. The molecule has 0 aliphatic carbocycles. The second kappa shape index (κ2) is 5.97. The lowest BCUT2D eigenvalue weighted by atomic mass is 10.2. The van der Waals surface area contributed by atoms with Crippen molar-refractivity contribution in [3.8, 4) is 5.75 Å². The Morgan fingerprint density at radius 2 is 2.05 bits per heavy atom. The van der Waals surface area contributed by atoms with E-state index in [1.807, 2.05) is 43.3 Å². The summed E-state index contributed by atoms with van der Waals surface area (Å²) in [6.07, 6.45) is 0. The number of rotatable bonds is 4. The molecule has 100 valence electrons. The molecule has 0 saturated carbocycles. The van der Waals surface area contributed by atoms with Crippen molar-refractivity contribution >= 4 is 33.0 Å². The van der Waals surface area contributed by atoms with E-state index >= 15 is 0 Å². The van der Waals surface area contributed by atoms with Gasteiger partial charge in [-0.3, -0.25) is 0 Å². The molecule has 4 heteroatoms. The first-order valence-corrected chi connectivity index (χ1v) is 6.95. The average molecular weight is 321 g/mol. The predicted molar refractivity (Wildman–Crippen MR) is 84.2 cm³/mol. The van der Waals surface area contributed by atoms with E-state index in [1.165, 1.54) is 0 Å². The summed E-state index contributed by atoms with van der Waals surface area (Å²) in [6, 6.07) is 11.8. The molecule has 0 bridgehead atoms. The summed E-state index contributed by atoms with van der Waals surface area (Å²) < 4.78 is 6.58. The molecule has 0 aliphatic rings. The number of ether oxygens (including phenoxy) is 1. The Morgan fingerprint density at radius 1 is 1.26 bits per heavy atom. The van der Waals surface area contributed by atoms with Crippen LogP contribution in [0.2, 0.25) is 0 Å². The summed E-state index contributed by atoms with van der Waals surface area (Å²) in [5.41, 5.74) is 9.69. The molecule has 0 unspecified atom stereocenters. The van der Waals surface area contributed by atoms with Gasteiger partial charge in [0, 0.05) is 21.9 Å². The van der Waals surface area contributed by atoms with E-state index in [0.717, 1.165) is 21.4 Å². The van der Waals surface area contributed by atoms with Gasteiger partial charge < -0.3 is 15.8 Å². The fourth-order valence-electron chi connectivity index (χ4n) is 1.79. The van der Waals surface area contributed by atoms with Crippen LogP contribution < -0.4 is 15.8 Å². The maximum Gasteiger partial charge on any atom is 0.144 e.